The molecule has 3 nitrogen and oxygen atoms in total. The maximum absolute atomic E-state index is 11.3. The zero-order chi connectivity index (χ0) is 16.1. The van der Waals surface area contributed by atoms with Crippen molar-refractivity contribution in [2.24, 2.45) is 0 Å². The smallest absolute Gasteiger partial charge is 0.302 e. The van der Waals surface area contributed by atoms with Crippen LogP contribution in [0.2, 0.25) is 0 Å². The number of hydrogen-bond acceptors (Lipinski definition) is 3. The van der Waals surface area contributed by atoms with Crippen molar-refractivity contribution in [3.05, 3.63) is 59.7 Å². The van der Waals surface area contributed by atoms with Gasteiger partial charge in [-0.1, -0.05) is 48.5 Å². The molecule has 0 heterocycles. The molecule has 0 amide bonds. The van der Waals surface area contributed by atoms with E-state index in [2.05, 4.69) is 0 Å². The van der Waals surface area contributed by atoms with Gasteiger partial charge in [0.15, 0.2) is 5.78 Å². The molecule has 2 aromatic carbocycles. The van der Waals surface area contributed by atoms with Crippen molar-refractivity contribution in [1.29, 1.82) is 0 Å². The van der Waals surface area contributed by atoms with Gasteiger partial charge in [-0.3, -0.25) is 9.59 Å². The Morgan fingerprint density at radius 3 is 1.86 bits per heavy atom. The molecule has 0 saturated heterocycles. The van der Waals surface area contributed by atoms with E-state index < -0.39 is 0 Å². The summed E-state index contributed by atoms with van der Waals surface area (Å²) in [5.74, 6) is -0.184. The number of carbonyl (C=O) groups excluding carboxylic acids is 2. The Labute approximate surface area is 130 Å². The van der Waals surface area contributed by atoms with E-state index >= 15 is 0 Å². The summed E-state index contributed by atoms with van der Waals surface area (Å²) < 4.78 is 5.13. The zero-order valence-corrected chi connectivity index (χ0v) is 13.1. The standard InChI is InChI=1S/C19H20O3/c1-13(22-15(3)21)12-16-4-6-18(7-5-16)19-10-8-17(9-11-19)14(2)20/h4-11,13H,12H2,1-3H3. The second-order valence-electron chi connectivity index (χ2n) is 5.45. The molecular weight excluding hydrogens is 276 g/mol. The summed E-state index contributed by atoms with van der Waals surface area (Å²) in [5.41, 5.74) is 4.01. The summed E-state index contributed by atoms with van der Waals surface area (Å²) in [5, 5.41) is 0. The van der Waals surface area contributed by atoms with Crippen LogP contribution in [0.3, 0.4) is 0 Å². The molecule has 2 rings (SSSR count). The Hall–Kier alpha value is -2.42. The summed E-state index contributed by atoms with van der Waals surface area (Å²) >= 11 is 0. The molecule has 0 radical (unpaired) electrons. The van der Waals surface area contributed by atoms with E-state index in [9.17, 15) is 9.59 Å². The lowest BCUT2D eigenvalue weighted by Gasteiger charge is -2.12. The normalized spacial score (nSPS) is 11.8. The highest BCUT2D eigenvalue weighted by Crippen LogP contribution is 2.21. The monoisotopic (exact) mass is 296 g/mol. The Balaban J connectivity index is 2.08. The average molecular weight is 296 g/mol. The Morgan fingerprint density at radius 1 is 0.909 bits per heavy atom. The molecule has 0 aliphatic heterocycles. The predicted molar refractivity (Wildman–Crippen MR) is 86.8 cm³/mol. The molecule has 1 atom stereocenters. The van der Waals surface area contributed by atoms with E-state index in [1.807, 2.05) is 55.5 Å². The Kier molecular flexibility index (Phi) is 5.10. The molecule has 0 aliphatic rings. The molecule has 0 N–H and O–H groups in total. The largest absolute Gasteiger partial charge is 0.463 e. The molecule has 1 unspecified atom stereocenters. The third kappa shape index (κ3) is 4.29. The minimum atomic E-state index is -0.255. The van der Waals surface area contributed by atoms with Crippen LogP contribution in [-0.4, -0.2) is 17.9 Å². The molecule has 3 heteroatoms. The summed E-state index contributed by atoms with van der Waals surface area (Å²) in [6.45, 7) is 4.87. The van der Waals surface area contributed by atoms with Gasteiger partial charge in [-0.25, -0.2) is 0 Å². The molecule has 0 saturated carbocycles. The SMILES string of the molecule is CC(=O)OC(C)Cc1ccc(-c2ccc(C(C)=O)cc2)cc1. The number of esters is 1. The van der Waals surface area contributed by atoms with Crippen molar-refractivity contribution in [2.75, 3.05) is 0 Å². The lowest BCUT2D eigenvalue weighted by Crippen LogP contribution is -2.14. The van der Waals surface area contributed by atoms with Crippen molar-refractivity contribution >= 4 is 11.8 Å². The van der Waals surface area contributed by atoms with Gasteiger partial charge in [-0.2, -0.15) is 0 Å². The lowest BCUT2D eigenvalue weighted by molar-refractivity contribution is -0.145. The van der Waals surface area contributed by atoms with Crippen molar-refractivity contribution < 1.29 is 14.3 Å². The fourth-order valence-electron chi connectivity index (χ4n) is 2.39. The van der Waals surface area contributed by atoms with Crippen LogP contribution in [0, 0.1) is 0 Å². The van der Waals surface area contributed by atoms with Crippen LogP contribution in [0.4, 0.5) is 0 Å². The molecule has 0 aliphatic carbocycles. The third-order valence-electron chi connectivity index (χ3n) is 3.47. The maximum atomic E-state index is 11.3. The van der Waals surface area contributed by atoms with E-state index in [-0.39, 0.29) is 17.9 Å². The minimum absolute atomic E-state index is 0.0707. The second-order valence-corrected chi connectivity index (χ2v) is 5.45. The van der Waals surface area contributed by atoms with Crippen molar-refractivity contribution in [3.8, 4) is 11.1 Å². The summed E-state index contributed by atoms with van der Waals surface area (Å²) in [6.07, 6.45) is 0.571. The highest BCUT2D eigenvalue weighted by molar-refractivity contribution is 5.94. The number of ketones is 1. The summed E-state index contributed by atoms with van der Waals surface area (Å²) in [6, 6.07) is 15.7. The predicted octanol–water partition coefficient (Wildman–Crippen LogP) is 4.05. The lowest BCUT2D eigenvalue weighted by atomic mass is 10.00. The fraction of sp³-hybridized carbons (Fsp3) is 0.263. The van der Waals surface area contributed by atoms with Gasteiger partial charge >= 0.3 is 5.97 Å². The van der Waals surface area contributed by atoms with E-state index in [0.717, 1.165) is 22.3 Å². The van der Waals surface area contributed by atoms with Crippen LogP contribution < -0.4 is 0 Å². The Morgan fingerprint density at radius 2 is 1.41 bits per heavy atom. The highest BCUT2D eigenvalue weighted by atomic mass is 16.5. The van der Waals surface area contributed by atoms with Crippen LogP contribution in [-0.2, 0) is 16.0 Å². The molecule has 2 aromatic rings. The molecule has 22 heavy (non-hydrogen) atoms. The summed E-state index contributed by atoms with van der Waals surface area (Å²) in [4.78, 5) is 22.2. The number of Topliss-reactive ketones (excluding diaryl/α,β-unsaturated/α-hetero) is 1. The minimum Gasteiger partial charge on any atom is -0.463 e. The van der Waals surface area contributed by atoms with Gasteiger partial charge in [0.25, 0.3) is 0 Å². The maximum Gasteiger partial charge on any atom is 0.302 e. The van der Waals surface area contributed by atoms with Gasteiger partial charge in [0.1, 0.15) is 6.10 Å². The number of ether oxygens (including phenoxy) is 1. The molecule has 0 bridgehead atoms. The number of hydrogen-bond donors (Lipinski definition) is 0. The first kappa shape index (κ1) is 16.0. The highest BCUT2D eigenvalue weighted by Gasteiger charge is 2.07. The average Bonchev–Trinajstić information content (AvgIpc) is 2.47. The molecule has 0 aromatic heterocycles. The summed E-state index contributed by atoms with van der Waals surface area (Å²) in [7, 11) is 0. The number of rotatable bonds is 5. The van der Waals surface area contributed by atoms with Gasteiger partial charge in [0, 0.05) is 18.9 Å². The first-order chi connectivity index (χ1) is 10.5. The fourth-order valence-corrected chi connectivity index (χ4v) is 2.39. The van der Waals surface area contributed by atoms with Crippen molar-refractivity contribution in [3.63, 3.8) is 0 Å². The van der Waals surface area contributed by atoms with E-state index in [0.29, 0.717) is 6.42 Å². The molecule has 0 spiro atoms. The van der Waals surface area contributed by atoms with Gasteiger partial charge in [0.2, 0.25) is 0 Å². The van der Waals surface area contributed by atoms with E-state index in [4.69, 9.17) is 4.74 Å². The topological polar surface area (TPSA) is 43.4 Å². The second kappa shape index (κ2) is 7.03. The molecule has 114 valence electrons. The Bertz CT molecular complexity index is 654. The number of benzene rings is 2. The van der Waals surface area contributed by atoms with E-state index in [1.54, 1.807) is 6.92 Å². The number of carbonyl (C=O) groups is 2. The van der Waals surface area contributed by atoms with Gasteiger partial charge in [0.05, 0.1) is 0 Å². The van der Waals surface area contributed by atoms with Gasteiger partial charge < -0.3 is 4.74 Å². The molecular formula is C19H20O3. The van der Waals surface area contributed by atoms with Crippen LogP contribution >= 0.6 is 0 Å². The van der Waals surface area contributed by atoms with E-state index in [1.165, 1.54) is 6.92 Å². The van der Waals surface area contributed by atoms with Gasteiger partial charge in [-0.05, 0) is 30.5 Å². The van der Waals surface area contributed by atoms with Gasteiger partial charge in [-0.15, -0.1) is 0 Å². The van der Waals surface area contributed by atoms with Crippen LogP contribution in [0.15, 0.2) is 48.5 Å². The first-order valence-electron chi connectivity index (χ1n) is 7.33. The van der Waals surface area contributed by atoms with Crippen molar-refractivity contribution in [1.82, 2.24) is 0 Å². The van der Waals surface area contributed by atoms with Crippen LogP contribution in [0.1, 0.15) is 36.7 Å². The quantitative estimate of drug-likeness (QED) is 0.617. The first-order valence-corrected chi connectivity index (χ1v) is 7.33. The van der Waals surface area contributed by atoms with Crippen molar-refractivity contribution in [2.45, 2.75) is 33.3 Å². The van der Waals surface area contributed by atoms with Crippen LogP contribution in [0.5, 0.6) is 0 Å². The third-order valence-corrected chi connectivity index (χ3v) is 3.47. The van der Waals surface area contributed by atoms with Crippen LogP contribution in [0.25, 0.3) is 11.1 Å². The molecule has 0 fully saturated rings. The zero-order valence-electron chi connectivity index (χ0n) is 13.1.